The summed E-state index contributed by atoms with van der Waals surface area (Å²) in [5.74, 6) is 1.60. The predicted molar refractivity (Wildman–Crippen MR) is 90.5 cm³/mol. The minimum Gasteiger partial charge on any atom is -0.493 e. The van der Waals surface area contributed by atoms with Crippen LogP contribution < -0.4 is 9.47 Å². The number of hydrogen-bond acceptors (Lipinski definition) is 4. The normalized spacial score (nSPS) is 15.4. The van der Waals surface area contributed by atoms with Crippen LogP contribution in [0.2, 0.25) is 0 Å². The molecule has 6 nitrogen and oxygen atoms in total. The highest BCUT2D eigenvalue weighted by molar-refractivity contribution is 5.80. The van der Waals surface area contributed by atoms with E-state index in [1.807, 2.05) is 34.7 Å². The maximum absolute atomic E-state index is 12.8. The zero-order valence-electron chi connectivity index (χ0n) is 14.4. The molecule has 0 aliphatic carbocycles. The third-order valence-electron chi connectivity index (χ3n) is 4.65. The van der Waals surface area contributed by atoms with Crippen LogP contribution in [0.25, 0.3) is 0 Å². The molecule has 0 radical (unpaired) electrons. The summed E-state index contributed by atoms with van der Waals surface area (Å²) >= 11 is 0. The van der Waals surface area contributed by atoms with E-state index in [1.54, 1.807) is 26.7 Å². The zero-order chi connectivity index (χ0) is 17.1. The number of hydrogen-bond donors (Lipinski definition) is 0. The number of amides is 1. The first kappa shape index (κ1) is 16.4. The molecule has 0 spiro atoms. The summed E-state index contributed by atoms with van der Waals surface area (Å²) in [5, 5.41) is 0. The highest BCUT2D eigenvalue weighted by Gasteiger charge is 2.24. The van der Waals surface area contributed by atoms with Gasteiger partial charge in [0.1, 0.15) is 6.04 Å². The number of aromatic nitrogens is 2. The van der Waals surface area contributed by atoms with Gasteiger partial charge in [-0.2, -0.15) is 0 Å². The maximum Gasteiger partial charge on any atom is 0.245 e. The first-order valence-electron chi connectivity index (χ1n) is 8.14. The van der Waals surface area contributed by atoms with E-state index in [1.165, 1.54) is 11.1 Å². The van der Waals surface area contributed by atoms with Crippen LogP contribution in [0.1, 0.15) is 24.1 Å². The Morgan fingerprint density at radius 2 is 1.71 bits per heavy atom. The lowest BCUT2D eigenvalue weighted by Crippen LogP contribution is -2.37. The number of nitrogens with zero attached hydrogens (tertiary/aromatic N) is 3. The van der Waals surface area contributed by atoms with E-state index < -0.39 is 0 Å². The quantitative estimate of drug-likeness (QED) is 0.862. The summed E-state index contributed by atoms with van der Waals surface area (Å²) in [7, 11) is 3.28. The number of methoxy groups -OCH3 is 2. The third-order valence-corrected chi connectivity index (χ3v) is 4.65. The van der Waals surface area contributed by atoms with Crippen molar-refractivity contribution in [1.82, 2.24) is 14.5 Å². The van der Waals surface area contributed by atoms with Gasteiger partial charge in [0.15, 0.2) is 11.5 Å². The molecule has 0 saturated carbocycles. The summed E-state index contributed by atoms with van der Waals surface area (Å²) in [6.07, 6.45) is 6.84. The minimum absolute atomic E-state index is 0.125. The molecule has 1 aromatic carbocycles. The van der Waals surface area contributed by atoms with E-state index in [4.69, 9.17) is 9.47 Å². The third kappa shape index (κ3) is 3.09. The molecule has 1 aliphatic heterocycles. The SMILES string of the molecule is COc1cc2c(cc1OC)CCN(C(=O)[C@H](C)n1ccnc1)CC2. The highest BCUT2D eigenvalue weighted by Crippen LogP contribution is 2.32. The van der Waals surface area contributed by atoms with Crippen molar-refractivity contribution >= 4 is 5.91 Å². The topological polar surface area (TPSA) is 56.6 Å². The molecule has 3 rings (SSSR count). The van der Waals surface area contributed by atoms with Gasteiger partial charge in [-0.25, -0.2) is 4.98 Å². The highest BCUT2D eigenvalue weighted by atomic mass is 16.5. The Hall–Kier alpha value is -2.50. The van der Waals surface area contributed by atoms with Crippen molar-refractivity contribution in [3.8, 4) is 11.5 Å². The number of imidazole rings is 1. The Morgan fingerprint density at radius 3 is 2.17 bits per heavy atom. The Morgan fingerprint density at radius 1 is 1.12 bits per heavy atom. The molecule has 2 aromatic rings. The van der Waals surface area contributed by atoms with E-state index in [2.05, 4.69) is 4.98 Å². The van der Waals surface area contributed by atoms with Gasteiger partial charge < -0.3 is 18.9 Å². The molecule has 0 unspecified atom stereocenters. The summed E-state index contributed by atoms with van der Waals surface area (Å²) in [6.45, 7) is 3.33. The first-order chi connectivity index (χ1) is 11.6. The zero-order valence-corrected chi connectivity index (χ0v) is 14.4. The monoisotopic (exact) mass is 329 g/mol. The fraction of sp³-hybridized carbons (Fsp3) is 0.444. The van der Waals surface area contributed by atoms with Crippen LogP contribution in [0.3, 0.4) is 0 Å². The Labute approximate surface area is 142 Å². The second-order valence-corrected chi connectivity index (χ2v) is 5.99. The van der Waals surface area contributed by atoms with Crippen LogP contribution in [0.4, 0.5) is 0 Å². The second kappa shape index (κ2) is 6.95. The van der Waals surface area contributed by atoms with Crippen molar-refractivity contribution in [2.75, 3.05) is 27.3 Å². The standard InChI is InChI=1S/C18H23N3O3/c1-13(21-9-6-19-12-21)18(22)20-7-4-14-10-16(23-2)17(24-3)11-15(14)5-8-20/h6,9-13H,4-5,7-8H2,1-3H3/t13-/m0/s1. The maximum atomic E-state index is 12.8. The average molecular weight is 329 g/mol. The summed E-state index contributed by atoms with van der Waals surface area (Å²) in [4.78, 5) is 18.7. The molecule has 0 N–H and O–H groups in total. The number of fused-ring (bicyclic) bond motifs is 1. The smallest absolute Gasteiger partial charge is 0.245 e. The van der Waals surface area contributed by atoms with E-state index in [9.17, 15) is 4.79 Å². The molecule has 0 bridgehead atoms. The van der Waals surface area contributed by atoms with Gasteiger partial charge in [0.2, 0.25) is 5.91 Å². The fourth-order valence-electron chi connectivity index (χ4n) is 3.16. The van der Waals surface area contributed by atoms with Crippen molar-refractivity contribution in [2.45, 2.75) is 25.8 Å². The first-order valence-corrected chi connectivity index (χ1v) is 8.14. The number of rotatable bonds is 4. The van der Waals surface area contributed by atoms with E-state index in [-0.39, 0.29) is 11.9 Å². The predicted octanol–water partition coefficient (Wildman–Crippen LogP) is 2.09. The van der Waals surface area contributed by atoms with Crippen molar-refractivity contribution in [3.05, 3.63) is 42.0 Å². The molecule has 1 aromatic heterocycles. The minimum atomic E-state index is -0.238. The van der Waals surface area contributed by atoms with Crippen molar-refractivity contribution < 1.29 is 14.3 Å². The van der Waals surface area contributed by atoms with Gasteiger partial charge >= 0.3 is 0 Å². The average Bonchev–Trinajstić information content (AvgIpc) is 3.07. The molecule has 1 amide bonds. The molecule has 24 heavy (non-hydrogen) atoms. The number of benzene rings is 1. The number of ether oxygens (including phenoxy) is 2. The van der Waals surface area contributed by atoms with Gasteiger partial charge in [-0.1, -0.05) is 0 Å². The molecule has 1 atom stereocenters. The van der Waals surface area contributed by atoms with Gasteiger partial charge in [0, 0.05) is 25.5 Å². The van der Waals surface area contributed by atoms with Crippen LogP contribution in [-0.4, -0.2) is 47.7 Å². The van der Waals surface area contributed by atoms with E-state index in [0.717, 1.165) is 24.3 Å². The molecular formula is C18H23N3O3. The Bertz CT molecular complexity index is 678. The molecule has 128 valence electrons. The van der Waals surface area contributed by atoms with Crippen molar-refractivity contribution in [3.63, 3.8) is 0 Å². The Kier molecular flexibility index (Phi) is 4.74. The summed E-state index contributed by atoms with van der Waals surface area (Å²) in [5.41, 5.74) is 2.44. The molecular weight excluding hydrogens is 306 g/mol. The van der Waals surface area contributed by atoms with Crippen LogP contribution >= 0.6 is 0 Å². The lowest BCUT2D eigenvalue weighted by Gasteiger charge is -2.24. The molecule has 0 saturated heterocycles. The summed E-state index contributed by atoms with van der Waals surface area (Å²) in [6, 6.07) is 3.82. The largest absolute Gasteiger partial charge is 0.493 e. The van der Waals surface area contributed by atoms with Crippen LogP contribution in [0.15, 0.2) is 30.9 Å². The number of carbonyl (C=O) groups excluding carboxylic acids is 1. The van der Waals surface area contributed by atoms with Crippen LogP contribution in [-0.2, 0) is 17.6 Å². The van der Waals surface area contributed by atoms with E-state index in [0.29, 0.717) is 13.1 Å². The van der Waals surface area contributed by atoms with Gasteiger partial charge in [-0.15, -0.1) is 0 Å². The second-order valence-electron chi connectivity index (χ2n) is 5.99. The lowest BCUT2D eigenvalue weighted by atomic mass is 10.0. The van der Waals surface area contributed by atoms with Crippen LogP contribution in [0.5, 0.6) is 11.5 Å². The fourth-order valence-corrected chi connectivity index (χ4v) is 3.16. The van der Waals surface area contributed by atoms with Gasteiger partial charge in [-0.05, 0) is 43.0 Å². The van der Waals surface area contributed by atoms with Crippen LogP contribution in [0, 0.1) is 0 Å². The van der Waals surface area contributed by atoms with Gasteiger partial charge in [0.05, 0.1) is 20.5 Å². The summed E-state index contributed by atoms with van der Waals surface area (Å²) < 4.78 is 12.6. The lowest BCUT2D eigenvalue weighted by molar-refractivity contribution is -0.134. The Balaban J connectivity index is 1.77. The van der Waals surface area contributed by atoms with Crippen molar-refractivity contribution in [1.29, 1.82) is 0 Å². The number of carbonyl (C=O) groups is 1. The van der Waals surface area contributed by atoms with Gasteiger partial charge in [-0.3, -0.25) is 4.79 Å². The molecule has 2 heterocycles. The van der Waals surface area contributed by atoms with Crippen molar-refractivity contribution in [2.24, 2.45) is 0 Å². The van der Waals surface area contributed by atoms with E-state index >= 15 is 0 Å². The van der Waals surface area contributed by atoms with Gasteiger partial charge in [0.25, 0.3) is 0 Å². The molecule has 1 aliphatic rings. The molecule has 6 heteroatoms. The molecule has 0 fully saturated rings.